The number of nitrogens with zero attached hydrogens (tertiary/aromatic N) is 2. The van der Waals surface area contributed by atoms with Gasteiger partial charge < -0.3 is 5.73 Å². The number of nitrogens with two attached hydrogens (primary N) is 1. The molecule has 17 heavy (non-hydrogen) atoms. The highest BCUT2D eigenvalue weighted by Gasteiger charge is 2.34. The number of hydrogen-bond donors (Lipinski definition) is 1. The number of hydrogen-bond acceptors (Lipinski definition) is 3. The lowest BCUT2D eigenvalue weighted by Crippen LogP contribution is -2.55. The Bertz CT molecular complexity index is 342. The first-order valence-electron chi connectivity index (χ1n) is 6.50. The molecule has 0 radical (unpaired) electrons. The summed E-state index contributed by atoms with van der Waals surface area (Å²) in [5, 5.41) is 0. The Balaban J connectivity index is 2.01. The van der Waals surface area contributed by atoms with Gasteiger partial charge in [-0.2, -0.15) is 0 Å². The minimum absolute atomic E-state index is 0.0831. The Morgan fingerprint density at radius 3 is 2.47 bits per heavy atom. The monoisotopic (exact) mass is 233 g/mol. The lowest BCUT2D eigenvalue weighted by atomic mass is 9.89. The van der Waals surface area contributed by atoms with Crippen LogP contribution < -0.4 is 5.73 Å². The maximum Gasteiger partial charge on any atom is 0.0307 e. The Morgan fingerprint density at radius 1 is 1.29 bits per heavy atom. The molecule has 2 heterocycles. The summed E-state index contributed by atoms with van der Waals surface area (Å²) in [6.45, 7) is 6.92. The van der Waals surface area contributed by atoms with E-state index < -0.39 is 0 Å². The maximum atomic E-state index is 6.40. The van der Waals surface area contributed by atoms with Gasteiger partial charge in [-0.05, 0) is 63.9 Å². The van der Waals surface area contributed by atoms with Crippen molar-refractivity contribution >= 4 is 0 Å². The molecule has 94 valence electrons. The summed E-state index contributed by atoms with van der Waals surface area (Å²) in [4.78, 5) is 6.57. The molecule has 2 rings (SSSR count). The van der Waals surface area contributed by atoms with Gasteiger partial charge in [0.2, 0.25) is 0 Å². The first-order chi connectivity index (χ1) is 8.10. The van der Waals surface area contributed by atoms with E-state index in [9.17, 15) is 0 Å². The molecule has 3 heteroatoms. The van der Waals surface area contributed by atoms with Gasteiger partial charge in [-0.15, -0.1) is 0 Å². The zero-order chi connectivity index (χ0) is 12.3. The molecule has 1 aliphatic rings. The molecule has 2 N–H and O–H groups in total. The molecule has 3 nitrogen and oxygen atoms in total. The highest BCUT2D eigenvalue weighted by Crippen LogP contribution is 2.24. The van der Waals surface area contributed by atoms with Gasteiger partial charge in [0, 0.05) is 24.0 Å². The van der Waals surface area contributed by atoms with Crippen LogP contribution in [-0.2, 0) is 6.42 Å². The molecule has 1 unspecified atom stereocenters. The topological polar surface area (TPSA) is 42.1 Å². The van der Waals surface area contributed by atoms with E-state index in [1.54, 1.807) is 0 Å². The zero-order valence-electron chi connectivity index (χ0n) is 10.9. The highest BCUT2D eigenvalue weighted by molar-refractivity contribution is 5.13. The Morgan fingerprint density at radius 2 is 1.88 bits per heavy atom. The maximum absolute atomic E-state index is 6.40. The molecule has 0 bridgehead atoms. The molecular weight excluding hydrogens is 210 g/mol. The van der Waals surface area contributed by atoms with Crippen LogP contribution in [0.5, 0.6) is 0 Å². The van der Waals surface area contributed by atoms with Crippen molar-refractivity contribution < 1.29 is 0 Å². The first kappa shape index (κ1) is 12.5. The molecule has 0 aromatic carbocycles. The van der Waals surface area contributed by atoms with Gasteiger partial charge in [0.25, 0.3) is 0 Å². The van der Waals surface area contributed by atoms with Crippen LogP contribution in [-0.4, -0.2) is 34.6 Å². The van der Waals surface area contributed by atoms with E-state index in [0.29, 0.717) is 0 Å². The predicted molar refractivity (Wildman–Crippen MR) is 70.8 cm³/mol. The van der Waals surface area contributed by atoms with Crippen LogP contribution in [0.1, 0.15) is 32.3 Å². The second-order valence-corrected chi connectivity index (χ2v) is 5.51. The molecule has 1 saturated heterocycles. The van der Waals surface area contributed by atoms with Crippen LogP contribution in [0.4, 0.5) is 0 Å². The lowest BCUT2D eigenvalue weighted by molar-refractivity contribution is 0.123. The smallest absolute Gasteiger partial charge is 0.0307 e. The second-order valence-electron chi connectivity index (χ2n) is 5.51. The van der Waals surface area contributed by atoms with E-state index in [0.717, 1.165) is 6.42 Å². The summed E-state index contributed by atoms with van der Waals surface area (Å²) in [7, 11) is 0. The minimum Gasteiger partial charge on any atom is -0.326 e. The van der Waals surface area contributed by atoms with Crippen molar-refractivity contribution in [1.82, 2.24) is 9.88 Å². The fourth-order valence-corrected chi connectivity index (χ4v) is 2.55. The predicted octanol–water partition coefficient (Wildman–Crippen LogP) is 1.83. The van der Waals surface area contributed by atoms with E-state index in [-0.39, 0.29) is 11.6 Å². The summed E-state index contributed by atoms with van der Waals surface area (Å²) in [5.41, 5.74) is 7.76. The average Bonchev–Trinajstić information content (AvgIpc) is 2.84. The molecule has 0 aliphatic carbocycles. The van der Waals surface area contributed by atoms with Crippen LogP contribution >= 0.6 is 0 Å². The van der Waals surface area contributed by atoms with Crippen molar-refractivity contribution in [2.45, 2.75) is 44.7 Å². The zero-order valence-corrected chi connectivity index (χ0v) is 10.9. The van der Waals surface area contributed by atoms with E-state index in [2.05, 4.69) is 35.9 Å². The fraction of sp³-hybridized carbons (Fsp3) is 0.643. The van der Waals surface area contributed by atoms with Gasteiger partial charge >= 0.3 is 0 Å². The number of likely N-dealkylation sites (tertiary alicyclic amines) is 1. The normalized spacial score (nSPS) is 19.5. The quantitative estimate of drug-likeness (QED) is 0.862. The van der Waals surface area contributed by atoms with Crippen LogP contribution in [0.15, 0.2) is 24.5 Å². The summed E-state index contributed by atoms with van der Waals surface area (Å²) in [5.74, 6) is 0. The van der Waals surface area contributed by atoms with E-state index in [4.69, 9.17) is 5.73 Å². The third-order valence-corrected chi connectivity index (χ3v) is 4.03. The molecule has 1 atom stereocenters. The number of pyridine rings is 1. The molecular formula is C14H23N3. The fourth-order valence-electron chi connectivity index (χ4n) is 2.55. The van der Waals surface area contributed by atoms with Crippen molar-refractivity contribution in [2.75, 3.05) is 13.1 Å². The van der Waals surface area contributed by atoms with E-state index >= 15 is 0 Å². The summed E-state index contributed by atoms with van der Waals surface area (Å²) in [6.07, 6.45) is 7.22. The summed E-state index contributed by atoms with van der Waals surface area (Å²) < 4.78 is 0. The minimum atomic E-state index is 0.0831. The number of aromatic nitrogens is 1. The highest BCUT2D eigenvalue weighted by atomic mass is 15.2. The van der Waals surface area contributed by atoms with Crippen molar-refractivity contribution in [2.24, 2.45) is 5.73 Å². The van der Waals surface area contributed by atoms with Crippen LogP contribution in [0.3, 0.4) is 0 Å². The molecule has 1 aliphatic heterocycles. The van der Waals surface area contributed by atoms with Gasteiger partial charge in [-0.25, -0.2) is 0 Å². The molecule has 1 aromatic heterocycles. The average molecular weight is 233 g/mol. The first-order valence-corrected chi connectivity index (χ1v) is 6.50. The molecule has 1 fully saturated rings. The largest absolute Gasteiger partial charge is 0.326 e. The van der Waals surface area contributed by atoms with Gasteiger partial charge in [0.15, 0.2) is 0 Å². The Labute approximate surface area is 104 Å². The third kappa shape index (κ3) is 2.85. The summed E-state index contributed by atoms with van der Waals surface area (Å²) >= 11 is 0. The van der Waals surface area contributed by atoms with Gasteiger partial charge in [0.1, 0.15) is 0 Å². The van der Waals surface area contributed by atoms with Crippen molar-refractivity contribution in [1.29, 1.82) is 0 Å². The third-order valence-electron chi connectivity index (χ3n) is 4.03. The SMILES string of the molecule is CC(C)(C(N)Cc1ccncc1)N1CCCC1. The van der Waals surface area contributed by atoms with Crippen LogP contribution in [0.2, 0.25) is 0 Å². The Hall–Kier alpha value is -0.930. The lowest BCUT2D eigenvalue weighted by Gasteiger charge is -2.40. The van der Waals surface area contributed by atoms with Gasteiger partial charge in [-0.3, -0.25) is 9.88 Å². The van der Waals surface area contributed by atoms with Crippen molar-refractivity contribution in [3.63, 3.8) is 0 Å². The molecule has 0 spiro atoms. The van der Waals surface area contributed by atoms with E-state index in [1.807, 2.05) is 12.4 Å². The molecule has 0 amide bonds. The Kier molecular flexibility index (Phi) is 3.79. The van der Waals surface area contributed by atoms with Crippen LogP contribution in [0.25, 0.3) is 0 Å². The van der Waals surface area contributed by atoms with Gasteiger partial charge in [-0.1, -0.05) is 0 Å². The standard InChI is InChI=1S/C14H23N3/c1-14(2,17-9-3-4-10-17)13(15)11-12-5-7-16-8-6-12/h5-8,13H,3-4,9-11,15H2,1-2H3. The number of rotatable bonds is 4. The van der Waals surface area contributed by atoms with Gasteiger partial charge in [0.05, 0.1) is 0 Å². The summed E-state index contributed by atoms with van der Waals surface area (Å²) in [6, 6.07) is 4.28. The molecule has 1 aromatic rings. The van der Waals surface area contributed by atoms with Crippen LogP contribution in [0, 0.1) is 0 Å². The van der Waals surface area contributed by atoms with E-state index in [1.165, 1.54) is 31.5 Å². The second kappa shape index (κ2) is 5.15. The van der Waals surface area contributed by atoms with Crippen molar-refractivity contribution in [3.05, 3.63) is 30.1 Å². The van der Waals surface area contributed by atoms with Crippen molar-refractivity contribution in [3.8, 4) is 0 Å². The molecule has 0 saturated carbocycles.